The highest BCUT2D eigenvalue weighted by Gasteiger charge is 2.25. The molecule has 1 aromatic carbocycles. The maximum absolute atomic E-state index is 12.5. The summed E-state index contributed by atoms with van der Waals surface area (Å²) < 4.78 is 2.12. The van der Waals surface area contributed by atoms with Gasteiger partial charge in [0.1, 0.15) is 0 Å². The lowest BCUT2D eigenvalue weighted by Gasteiger charge is -2.29. The number of hydrogen-bond donors (Lipinski definition) is 2. The zero-order valence-corrected chi connectivity index (χ0v) is 18.3. The van der Waals surface area contributed by atoms with E-state index in [-0.39, 0.29) is 17.0 Å². The van der Waals surface area contributed by atoms with Gasteiger partial charge in [0, 0.05) is 30.4 Å². The number of aromatic nitrogens is 2. The number of nitrogens with zero attached hydrogens (tertiary/aromatic N) is 3. The van der Waals surface area contributed by atoms with E-state index < -0.39 is 0 Å². The predicted octanol–water partition coefficient (Wildman–Crippen LogP) is 2.61. The molecule has 2 N–H and O–H groups in total. The molecule has 6 heteroatoms. The SMILES string of the molecule is C[C@@]1(n2cccc2)C=c2c(C=Nc3ccc(CN4CCCC4)cc3)c(O)[nH]c(=O)c2=CC1. The van der Waals surface area contributed by atoms with Gasteiger partial charge < -0.3 is 9.67 Å². The van der Waals surface area contributed by atoms with Crippen LogP contribution in [0.4, 0.5) is 5.69 Å². The molecule has 1 atom stereocenters. The van der Waals surface area contributed by atoms with Gasteiger partial charge in [-0.15, -0.1) is 0 Å². The Morgan fingerprint density at radius 1 is 1.12 bits per heavy atom. The number of likely N-dealkylation sites (tertiary alicyclic amines) is 1. The van der Waals surface area contributed by atoms with E-state index in [0.29, 0.717) is 22.4 Å². The second kappa shape index (κ2) is 8.28. The molecule has 2 aliphatic rings. The predicted molar refractivity (Wildman–Crippen MR) is 128 cm³/mol. The number of fused-ring (bicyclic) bond motifs is 1. The molecule has 1 fully saturated rings. The molecular formula is C26H28N4O2. The molecule has 6 nitrogen and oxygen atoms in total. The molecule has 1 aliphatic heterocycles. The fraction of sp³-hybridized carbons (Fsp3) is 0.308. The molecule has 2 aromatic heterocycles. The fourth-order valence-corrected chi connectivity index (χ4v) is 4.69. The minimum Gasteiger partial charge on any atom is -0.494 e. The van der Waals surface area contributed by atoms with Crippen LogP contribution < -0.4 is 16.0 Å². The van der Waals surface area contributed by atoms with E-state index in [4.69, 9.17) is 0 Å². The van der Waals surface area contributed by atoms with Gasteiger partial charge in [-0.1, -0.05) is 18.2 Å². The Morgan fingerprint density at radius 3 is 2.56 bits per heavy atom. The number of hydrogen-bond acceptors (Lipinski definition) is 4. The number of pyridine rings is 1. The average Bonchev–Trinajstić information content (AvgIpc) is 3.49. The molecule has 164 valence electrons. The van der Waals surface area contributed by atoms with Crippen LogP contribution in [-0.4, -0.2) is 38.9 Å². The largest absolute Gasteiger partial charge is 0.494 e. The van der Waals surface area contributed by atoms with Gasteiger partial charge >= 0.3 is 0 Å². The van der Waals surface area contributed by atoms with Gasteiger partial charge in [-0.05, 0) is 80.4 Å². The fourth-order valence-electron chi connectivity index (χ4n) is 4.69. The first kappa shape index (κ1) is 20.5. The zero-order valence-electron chi connectivity index (χ0n) is 18.3. The van der Waals surface area contributed by atoms with Gasteiger partial charge in [0.15, 0.2) is 0 Å². The number of aromatic hydroxyl groups is 1. The number of benzene rings is 1. The second-order valence-corrected chi connectivity index (χ2v) is 8.95. The third-order valence-electron chi connectivity index (χ3n) is 6.56. The Hall–Kier alpha value is -3.38. The highest BCUT2D eigenvalue weighted by atomic mass is 16.3. The normalized spacial score (nSPS) is 20.8. The van der Waals surface area contributed by atoms with E-state index in [0.717, 1.165) is 12.2 Å². The Bertz CT molecular complexity index is 1310. The van der Waals surface area contributed by atoms with Crippen LogP contribution in [0.2, 0.25) is 0 Å². The van der Waals surface area contributed by atoms with E-state index >= 15 is 0 Å². The van der Waals surface area contributed by atoms with Gasteiger partial charge in [-0.3, -0.25) is 19.7 Å². The average molecular weight is 429 g/mol. The molecule has 0 radical (unpaired) electrons. The molecule has 32 heavy (non-hydrogen) atoms. The summed E-state index contributed by atoms with van der Waals surface area (Å²) in [4.78, 5) is 22.1. The van der Waals surface area contributed by atoms with Gasteiger partial charge in [-0.2, -0.15) is 0 Å². The van der Waals surface area contributed by atoms with Crippen LogP contribution >= 0.6 is 0 Å². The van der Waals surface area contributed by atoms with Crippen molar-refractivity contribution in [2.24, 2.45) is 4.99 Å². The van der Waals surface area contributed by atoms with E-state index in [9.17, 15) is 9.90 Å². The second-order valence-electron chi connectivity index (χ2n) is 8.95. The standard InChI is InChI=1S/C26H28N4O2/c1-26(30-14-4-5-15-30)11-10-21-22(16-26)23(25(32)28-24(21)31)17-27-20-8-6-19(7-9-20)18-29-12-2-3-13-29/h4-10,14-17,32H,2-3,11-13,18H2,1H3,(H,28,31)/t26-/m0/s1. The van der Waals surface area contributed by atoms with Gasteiger partial charge in [-0.25, -0.2) is 0 Å². The van der Waals surface area contributed by atoms with Gasteiger partial charge in [0.25, 0.3) is 5.56 Å². The van der Waals surface area contributed by atoms with Crippen LogP contribution in [0, 0.1) is 0 Å². The summed E-state index contributed by atoms with van der Waals surface area (Å²) in [5, 5.41) is 11.8. The molecule has 0 saturated carbocycles. The van der Waals surface area contributed by atoms with E-state index in [1.165, 1.54) is 31.5 Å². The monoisotopic (exact) mass is 428 g/mol. The summed E-state index contributed by atoms with van der Waals surface area (Å²) in [5.41, 5.74) is 2.00. The summed E-state index contributed by atoms with van der Waals surface area (Å²) in [6.07, 6.45) is 12.9. The molecule has 3 aromatic rings. The van der Waals surface area contributed by atoms with Crippen molar-refractivity contribution in [3.8, 4) is 5.88 Å². The van der Waals surface area contributed by atoms with Gasteiger partial charge in [0.2, 0.25) is 5.88 Å². The van der Waals surface area contributed by atoms with Crippen LogP contribution in [-0.2, 0) is 12.1 Å². The number of aliphatic imine (C=N–C) groups is 1. The smallest absolute Gasteiger partial charge is 0.258 e. The first-order chi connectivity index (χ1) is 15.5. The first-order valence-electron chi connectivity index (χ1n) is 11.2. The maximum Gasteiger partial charge on any atom is 0.258 e. The molecule has 5 rings (SSSR count). The summed E-state index contributed by atoms with van der Waals surface area (Å²) >= 11 is 0. The van der Waals surface area contributed by atoms with Crippen LogP contribution in [0.25, 0.3) is 12.2 Å². The highest BCUT2D eigenvalue weighted by Crippen LogP contribution is 2.25. The van der Waals surface area contributed by atoms with Crippen LogP contribution in [0.3, 0.4) is 0 Å². The molecule has 1 saturated heterocycles. The molecular weight excluding hydrogens is 400 g/mol. The summed E-state index contributed by atoms with van der Waals surface area (Å²) in [6, 6.07) is 12.2. The zero-order chi connectivity index (χ0) is 22.1. The molecule has 0 amide bonds. The van der Waals surface area contributed by atoms with Crippen molar-refractivity contribution in [3.05, 3.63) is 80.7 Å². The summed E-state index contributed by atoms with van der Waals surface area (Å²) in [7, 11) is 0. The number of aromatic amines is 1. The Balaban J connectivity index is 1.48. The number of nitrogens with one attached hydrogen (secondary N) is 1. The Morgan fingerprint density at radius 2 is 1.84 bits per heavy atom. The lowest BCUT2D eigenvalue weighted by Crippen LogP contribution is -2.48. The minimum absolute atomic E-state index is 0.162. The third kappa shape index (κ3) is 3.94. The molecule has 3 heterocycles. The molecule has 0 unspecified atom stereocenters. The van der Waals surface area contributed by atoms with Crippen LogP contribution in [0.1, 0.15) is 37.3 Å². The third-order valence-corrected chi connectivity index (χ3v) is 6.56. The van der Waals surface area contributed by atoms with Crippen molar-refractivity contribution >= 4 is 24.1 Å². The topological polar surface area (TPSA) is 73.6 Å². The summed E-state index contributed by atoms with van der Waals surface area (Å²) in [5.74, 6) is -0.162. The maximum atomic E-state index is 12.5. The first-order valence-corrected chi connectivity index (χ1v) is 11.2. The molecule has 0 bridgehead atoms. The van der Waals surface area contributed by atoms with Gasteiger partial charge in [0.05, 0.1) is 16.8 Å². The van der Waals surface area contributed by atoms with Crippen LogP contribution in [0.5, 0.6) is 5.88 Å². The van der Waals surface area contributed by atoms with Crippen LogP contribution in [0.15, 0.2) is 58.6 Å². The number of rotatable bonds is 5. The Labute approximate surface area is 186 Å². The highest BCUT2D eigenvalue weighted by molar-refractivity contribution is 5.85. The van der Waals surface area contributed by atoms with Crippen molar-refractivity contribution in [1.82, 2.24) is 14.5 Å². The van der Waals surface area contributed by atoms with Crippen molar-refractivity contribution in [1.29, 1.82) is 0 Å². The van der Waals surface area contributed by atoms with Crippen molar-refractivity contribution in [2.45, 2.75) is 38.3 Å². The van der Waals surface area contributed by atoms with Crippen molar-refractivity contribution in [3.63, 3.8) is 0 Å². The molecule has 0 spiro atoms. The molecule has 1 aliphatic carbocycles. The lowest BCUT2D eigenvalue weighted by atomic mass is 9.90. The van der Waals surface area contributed by atoms with E-state index in [2.05, 4.69) is 44.6 Å². The number of H-pyrrole nitrogens is 1. The van der Waals surface area contributed by atoms with Crippen molar-refractivity contribution < 1.29 is 5.11 Å². The van der Waals surface area contributed by atoms with Crippen molar-refractivity contribution in [2.75, 3.05) is 13.1 Å². The summed E-state index contributed by atoms with van der Waals surface area (Å²) in [6.45, 7) is 5.43. The lowest BCUT2D eigenvalue weighted by molar-refractivity contribution is 0.331. The van der Waals surface area contributed by atoms with E-state index in [1.807, 2.05) is 42.7 Å². The van der Waals surface area contributed by atoms with E-state index in [1.54, 1.807) is 6.21 Å². The Kier molecular flexibility index (Phi) is 5.31. The quantitative estimate of drug-likeness (QED) is 0.614. The minimum atomic E-state index is -0.323.